The van der Waals surface area contributed by atoms with E-state index in [9.17, 15) is 9.59 Å². The largest absolute Gasteiger partial charge is 0.497 e. The van der Waals surface area contributed by atoms with Crippen molar-refractivity contribution in [2.75, 3.05) is 40.4 Å². The van der Waals surface area contributed by atoms with Gasteiger partial charge in [-0.1, -0.05) is 0 Å². The highest BCUT2D eigenvalue weighted by atomic mass is 16.5. The Balaban J connectivity index is 2.10. The maximum Gasteiger partial charge on any atom is 0.341 e. The zero-order valence-corrected chi connectivity index (χ0v) is 15.5. The lowest BCUT2D eigenvalue weighted by Gasteiger charge is -2.13. The minimum absolute atomic E-state index is 0.179. The van der Waals surface area contributed by atoms with E-state index in [1.807, 2.05) is 0 Å². The summed E-state index contributed by atoms with van der Waals surface area (Å²) in [6, 6.07) is 9.60. The zero-order valence-electron chi connectivity index (χ0n) is 15.5. The van der Waals surface area contributed by atoms with E-state index in [1.165, 1.54) is 40.6 Å². The fourth-order valence-corrected chi connectivity index (χ4v) is 2.26. The number of rotatable bonds is 8. The molecule has 0 aliphatic heterocycles. The summed E-state index contributed by atoms with van der Waals surface area (Å²) in [7, 11) is 5.77. The fourth-order valence-electron chi connectivity index (χ4n) is 2.26. The van der Waals surface area contributed by atoms with Gasteiger partial charge >= 0.3 is 5.97 Å². The first-order valence-corrected chi connectivity index (χ1v) is 7.93. The Kier molecular flexibility index (Phi) is 6.87. The van der Waals surface area contributed by atoms with Gasteiger partial charge in [0.2, 0.25) is 0 Å². The maximum absolute atomic E-state index is 12.2. The van der Waals surface area contributed by atoms with E-state index in [0.717, 1.165) is 0 Å². The van der Waals surface area contributed by atoms with Crippen molar-refractivity contribution in [3.8, 4) is 23.0 Å². The molecule has 0 radical (unpaired) electrons. The van der Waals surface area contributed by atoms with E-state index >= 15 is 0 Å². The quantitative estimate of drug-likeness (QED) is 0.709. The molecular formula is C19H21NO7. The highest BCUT2D eigenvalue weighted by Crippen LogP contribution is 2.29. The van der Waals surface area contributed by atoms with Crippen molar-refractivity contribution >= 4 is 17.6 Å². The molecule has 8 heteroatoms. The number of nitrogens with one attached hydrogen (secondary N) is 1. The summed E-state index contributed by atoms with van der Waals surface area (Å²) >= 11 is 0. The number of esters is 1. The monoisotopic (exact) mass is 375 g/mol. The number of carbonyl (C=O) groups is 2. The van der Waals surface area contributed by atoms with Crippen molar-refractivity contribution < 1.29 is 33.3 Å². The predicted molar refractivity (Wildman–Crippen MR) is 98.0 cm³/mol. The van der Waals surface area contributed by atoms with E-state index in [0.29, 0.717) is 22.9 Å². The molecule has 0 fully saturated rings. The van der Waals surface area contributed by atoms with E-state index in [-0.39, 0.29) is 17.9 Å². The number of ether oxygens (including phenoxy) is 5. The zero-order chi connectivity index (χ0) is 19.8. The molecule has 0 heterocycles. The van der Waals surface area contributed by atoms with Gasteiger partial charge in [-0.05, 0) is 24.3 Å². The van der Waals surface area contributed by atoms with E-state index in [1.54, 1.807) is 24.3 Å². The van der Waals surface area contributed by atoms with Crippen LogP contribution in [0.1, 0.15) is 10.4 Å². The van der Waals surface area contributed by atoms with Crippen LogP contribution in [0.2, 0.25) is 0 Å². The van der Waals surface area contributed by atoms with Gasteiger partial charge in [0, 0.05) is 12.1 Å². The first-order chi connectivity index (χ1) is 13.0. The summed E-state index contributed by atoms with van der Waals surface area (Å²) in [6.07, 6.45) is 0. The van der Waals surface area contributed by atoms with Gasteiger partial charge in [-0.2, -0.15) is 0 Å². The molecule has 2 rings (SSSR count). The van der Waals surface area contributed by atoms with Crippen LogP contribution in [-0.4, -0.2) is 46.9 Å². The summed E-state index contributed by atoms with van der Waals surface area (Å²) < 4.78 is 25.7. The van der Waals surface area contributed by atoms with Gasteiger partial charge in [0.05, 0.1) is 34.1 Å². The SMILES string of the molecule is COC(=O)c1ccc(OC)cc1OCC(=O)Nc1ccc(OC)cc1OC. The first-order valence-electron chi connectivity index (χ1n) is 7.93. The van der Waals surface area contributed by atoms with E-state index in [4.69, 9.17) is 23.7 Å². The van der Waals surface area contributed by atoms with E-state index in [2.05, 4.69) is 5.32 Å². The van der Waals surface area contributed by atoms with E-state index < -0.39 is 11.9 Å². The Morgan fingerprint density at radius 2 is 1.48 bits per heavy atom. The van der Waals surface area contributed by atoms with Crippen LogP contribution >= 0.6 is 0 Å². The Morgan fingerprint density at radius 1 is 0.852 bits per heavy atom. The number of hydrogen-bond acceptors (Lipinski definition) is 7. The predicted octanol–water partition coefficient (Wildman–Crippen LogP) is 2.52. The normalized spacial score (nSPS) is 9.93. The lowest BCUT2D eigenvalue weighted by molar-refractivity contribution is -0.118. The van der Waals surface area contributed by atoms with Gasteiger partial charge in [0.15, 0.2) is 6.61 Å². The highest BCUT2D eigenvalue weighted by Gasteiger charge is 2.16. The lowest BCUT2D eigenvalue weighted by atomic mass is 10.2. The Bertz CT molecular complexity index is 820. The van der Waals surface area contributed by atoms with Gasteiger partial charge in [-0.3, -0.25) is 4.79 Å². The van der Waals surface area contributed by atoms with Crippen molar-refractivity contribution in [1.82, 2.24) is 0 Å². The van der Waals surface area contributed by atoms with Gasteiger partial charge < -0.3 is 29.0 Å². The van der Waals surface area contributed by atoms with Gasteiger partial charge in [0.1, 0.15) is 28.6 Å². The second-order valence-corrected chi connectivity index (χ2v) is 5.26. The van der Waals surface area contributed by atoms with Crippen LogP contribution < -0.4 is 24.3 Å². The number of benzene rings is 2. The molecule has 0 saturated carbocycles. The molecule has 1 amide bonds. The second-order valence-electron chi connectivity index (χ2n) is 5.26. The van der Waals surface area contributed by atoms with Crippen molar-refractivity contribution in [1.29, 1.82) is 0 Å². The molecule has 0 aliphatic rings. The number of anilines is 1. The third-order valence-corrected chi connectivity index (χ3v) is 3.64. The average Bonchev–Trinajstić information content (AvgIpc) is 2.71. The van der Waals surface area contributed by atoms with Crippen LogP contribution in [0, 0.1) is 0 Å². The standard InChI is InChI=1S/C19H21NO7/c1-23-12-5-7-14(19(22)26-4)16(9-12)27-11-18(21)20-15-8-6-13(24-2)10-17(15)25-3/h5-10H,11H2,1-4H3,(H,20,21). The Morgan fingerprint density at radius 3 is 2.07 bits per heavy atom. The molecule has 27 heavy (non-hydrogen) atoms. The third kappa shape index (κ3) is 5.04. The summed E-state index contributed by atoms with van der Waals surface area (Å²) in [5.41, 5.74) is 0.652. The van der Waals surface area contributed by atoms with Crippen LogP contribution in [0.4, 0.5) is 5.69 Å². The summed E-state index contributed by atoms with van der Waals surface area (Å²) in [6.45, 7) is -0.327. The van der Waals surface area contributed by atoms with Crippen LogP contribution in [0.3, 0.4) is 0 Å². The first kappa shape index (κ1) is 19.9. The molecule has 0 aromatic heterocycles. The Labute approximate surface area is 156 Å². The van der Waals surface area contributed by atoms with Crippen molar-refractivity contribution in [2.45, 2.75) is 0 Å². The number of hydrogen-bond donors (Lipinski definition) is 1. The van der Waals surface area contributed by atoms with Gasteiger partial charge in [-0.25, -0.2) is 4.79 Å². The molecular weight excluding hydrogens is 354 g/mol. The molecule has 144 valence electrons. The van der Waals surface area contributed by atoms with Crippen molar-refractivity contribution in [3.63, 3.8) is 0 Å². The molecule has 0 unspecified atom stereocenters. The maximum atomic E-state index is 12.2. The summed E-state index contributed by atoms with van der Waals surface area (Å²) in [5, 5.41) is 2.68. The molecule has 8 nitrogen and oxygen atoms in total. The minimum Gasteiger partial charge on any atom is -0.497 e. The molecule has 0 aliphatic carbocycles. The number of carbonyl (C=O) groups excluding carboxylic acids is 2. The van der Waals surface area contributed by atoms with Crippen LogP contribution in [0.5, 0.6) is 23.0 Å². The topological polar surface area (TPSA) is 92.3 Å². The van der Waals surface area contributed by atoms with Crippen LogP contribution in [0.15, 0.2) is 36.4 Å². The van der Waals surface area contributed by atoms with Gasteiger partial charge in [-0.15, -0.1) is 0 Å². The highest BCUT2D eigenvalue weighted by molar-refractivity contribution is 5.95. The molecule has 0 atom stereocenters. The summed E-state index contributed by atoms with van der Waals surface area (Å²) in [5.74, 6) is 0.689. The van der Waals surface area contributed by atoms with Gasteiger partial charge in [0.25, 0.3) is 5.91 Å². The molecule has 1 N–H and O–H groups in total. The number of amides is 1. The fraction of sp³-hybridized carbons (Fsp3) is 0.263. The average molecular weight is 375 g/mol. The smallest absolute Gasteiger partial charge is 0.341 e. The van der Waals surface area contributed by atoms with Crippen LogP contribution in [0.25, 0.3) is 0 Å². The molecule has 0 saturated heterocycles. The molecule has 2 aromatic carbocycles. The molecule has 2 aromatic rings. The van der Waals surface area contributed by atoms with Crippen molar-refractivity contribution in [2.24, 2.45) is 0 Å². The lowest BCUT2D eigenvalue weighted by Crippen LogP contribution is -2.21. The molecule has 0 spiro atoms. The molecule has 0 bridgehead atoms. The third-order valence-electron chi connectivity index (χ3n) is 3.64. The van der Waals surface area contributed by atoms with Crippen LogP contribution in [-0.2, 0) is 9.53 Å². The summed E-state index contributed by atoms with van der Waals surface area (Å²) in [4.78, 5) is 24.1. The minimum atomic E-state index is -0.579. The second kappa shape index (κ2) is 9.33. The van der Waals surface area contributed by atoms with Crippen molar-refractivity contribution in [3.05, 3.63) is 42.0 Å². The Hall–Kier alpha value is -3.42. The number of methoxy groups -OCH3 is 4.